The van der Waals surface area contributed by atoms with Gasteiger partial charge in [0.05, 0.1) is 31.8 Å². The molecule has 3 aromatic heterocycles. The molecule has 700 valence electrons. The number of unbranched alkanes of at least 4 members (excludes halogenated alkanes) is 2. The second kappa shape index (κ2) is 49.4. The summed E-state index contributed by atoms with van der Waals surface area (Å²) in [6.45, 7) is 7.70. The molecule has 2 saturated heterocycles. The van der Waals surface area contributed by atoms with Crippen molar-refractivity contribution in [3.8, 4) is 0 Å². The van der Waals surface area contributed by atoms with Crippen molar-refractivity contribution in [1.82, 2.24) is 103 Å². The highest BCUT2D eigenvalue weighted by Gasteiger charge is 2.43. The Bertz CT molecular complexity index is 4910. The quantitative estimate of drug-likeness (QED) is 0.0196. The molecule has 13 atom stereocenters. The summed E-state index contributed by atoms with van der Waals surface area (Å²) in [5.41, 5.74) is 14.5. The van der Waals surface area contributed by atoms with Crippen LogP contribution in [0.2, 0.25) is 0 Å². The minimum Gasteiger partial charge on any atom is -0.394 e. The molecule has 0 unspecified atom stereocenters. The van der Waals surface area contributed by atoms with Gasteiger partial charge in [-0.25, -0.2) is 4.98 Å². The third-order valence-corrected chi connectivity index (χ3v) is 23.9. The number of likely N-dealkylation sites (N-methyl/N-ethyl adjacent to an activating group) is 4. The molecule has 20 N–H and O–H groups in total. The van der Waals surface area contributed by atoms with Crippen molar-refractivity contribution < 1.29 is 81.8 Å². The molecule has 40 nitrogen and oxygen atoms in total. The zero-order valence-corrected chi connectivity index (χ0v) is 75.5. The fourth-order valence-corrected chi connectivity index (χ4v) is 16.4. The van der Waals surface area contributed by atoms with Gasteiger partial charge in [0.1, 0.15) is 78.5 Å². The lowest BCUT2D eigenvalue weighted by atomic mass is 10.00. The van der Waals surface area contributed by atoms with Crippen LogP contribution in [0, 0.1) is 11.3 Å². The van der Waals surface area contributed by atoms with Crippen LogP contribution in [0.1, 0.15) is 135 Å². The van der Waals surface area contributed by atoms with Gasteiger partial charge in [0.2, 0.25) is 94.5 Å². The number of thioether (sulfide) groups is 1. The number of imidazole rings is 1. The van der Waals surface area contributed by atoms with Crippen LogP contribution in [0.5, 0.6) is 0 Å². The molecule has 0 bridgehead atoms. The van der Waals surface area contributed by atoms with Crippen LogP contribution in [-0.2, 0) is 102 Å². The average molecular weight is 1810 g/mol. The highest BCUT2D eigenvalue weighted by Crippen LogP contribution is 2.26. The lowest BCUT2D eigenvalue weighted by molar-refractivity contribution is -0.149. The number of nitrogens with zero attached hydrogens (tertiary/aromatic N) is 6. The number of H-pyrrole nitrogens is 3. The second-order valence-electron chi connectivity index (χ2n) is 33.2. The number of rotatable bonds is 24. The maximum atomic E-state index is 15.7. The van der Waals surface area contributed by atoms with Crippen molar-refractivity contribution in [3.05, 3.63) is 126 Å². The van der Waals surface area contributed by atoms with Gasteiger partial charge in [0, 0.05) is 119 Å². The van der Waals surface area contributed by atoms with E-state index in [1.807, 2.05) is 13.8 Å². The number of para-hydroxylation sites is 2. The van der Waals surface area contributed by atoms with E-state index in [4.69, 9.17) is 16.9 Å². The molecular formula is C88H125N23O17S. The van der Waals surface area contributed by atoms with Crippen LogP contribution in [0.3, 0.4) is 0 Å². The number of benzene rings is 3. The standard InChI is InChI=1S/C88H125N23O17S/c1-11-13-31-69-81(122)101-61(30-22-34-93-88(90)91)77(118)106-68(76(117)96-44-72(89)113)47-129-48-74(115)100-65(37-53-24-16-15-17-25-53)85(126)108(8)52(6)75(116)98-51(5)83(124)111-35-23-33-70(111)82(123)102-63(40-56-43-92-49-97-56)79(120)103-64(36-50(3)4)84(125)107(7)45-73(114)99-62(38-54-41-94-59-28-20-18-26-57(54)59)78(119)105-67(46-112)80(121)104-66(39-55-42-95-60-29-21-19-27-58(55)60)86(127)110(10)71(32-14-12-2)87(128)109(69)9/h15-21,24-29,41-43,49-52,61-71,94-95,112H,11-14,22-23,30-40,44-48H2,1-10H3,(H2,89,113)(H,92,97)(H,96,117)(H,98,116)(H,99,114)(H,100,115)(H,101,122)(H,102,123)(H,103,120)(H,104,121)(H,105,119)(H,106,118)(H4,90,91,93)/t51-,52+,61+,62+,63+,64+,65+,66+,67+,68+,69+,70+,71+/m1/s1. The van der Waals surface area contributed by atoms with Gasteiger partial charge in [-0.15, -0.1) is 11.8 Å². The molecule has 16 amide bonds. The highest BCUT2D eigenvalue weighted by molar-refractivity contribution is 8.00. The van der Waals surface area contributed by atoms with Gasteiger partial charge in [-0.2, -0.15) is 0 Å². The summed E-state index contributed by atoms with van der Waals surface area (Å²) in [4.78, 5) is 253. The number of aliphatic hydroxyl groups is 1. The Morgan fingerprint density at radius 2 is 1.09 bits per heavy atom. The van der Waals surface area contributed by atoms with E-state index in [9.17, 15) is 57.8 Å². The number of guanidine groups is 1. The number of fused-ring (bicyclic) bond motifs is 3. The molecule has 8 rings (SSSR count). The van der Waals surface area contributed by atoms with Gasteiger partial charge in [0.15, 0.2) is 5.96 Å². The minimum absolute atomic E-state index is 0.0113. The molecule has 129 heavy (non-hydrogen) atoms. The van der Waals surface area contributed by atoms with Gasteiger partial charge < -0.3 is 115 Å². The van der Waals surface area contributed by atoms with Gasteiger partial charge in [-0.05, 0) is 93.5 Å². The summed E-state index contributed by atoms with van der Waals surface area (Å²) >= 11 is 0.828. The SMILES string of the molecule is CCCC[C@H]1C(=O)N(C)[C@@H](CCCC)C(=O)N[C@@H](CCCNC(=N)N)C(=O)N[C@H](C(=O)NCC(N)=O)CSCC(=O)N[C@@H](Cc2ccccc2)C(=O)N(C)[C@@H](C)C(=O)N[C@H](C)C(=O)N2CCC[C@H]2C(=O)N[C@@H](Cc2cnc[nH]2)C(=O)N[C@@H](CC(C)C)C(=O)N(C)CC(=O)N[C@@H](Cc2c[nH]c3ccccc23)C(=O)N[C@@H](CO)C(=O)N[C@@H](Cc2c[nH]c3ccccc23)C(=O)N1C. The van der Waals surface area contributed by atoms with Crippen LogP contribution in [-0.4, -0.2) is 301 Å². The summed E-state index contributed by atoms with van der Waals surface area (Å²) in [5.74, 6) is -15.0. The van der Waals surface area contributed by atoms with Crippen molar-refractivity contribution >= 4 is 134 Å². The number of aromatic nitrogens is 4. The van der Waals surface area contributed by atoms with E-state index < -0.39 is 204 Å². The number of carbonyl (C=O) groups excluding carboxylic acids is 16. The Kier molecular flexibility index (Phi) is 38.9. The Labute approximate surface area is 753 Å². The zero-order chi connectivity index (χ0) is 94.3. The van der Waals surface area contributed by atoms with Gasteiger partial charge >= 0.3 is 0 Å². The molecule has 2 aliphatic heterocycles. The summed E-state index contributed by atoms with van der Waals surface area (Å²) in [7, 11) is 5.36. The molecule has 0 saturated carbocycles. The fraction of sp³-hybridized carbons (Fsp3) is 0.523. The number of hydrogen-bond acceptors (Lipinski definition) is 20. The summed E-state index contributed by atoms with van der Waals surface area (Å²) in [6.07, 6.45) is 7.42. The number of nitrogens with two attached hydrogens (primary N) is 2. The van der Waals surface area contributed by atoms with Crippen LogP contribution in [0.25, 0.3) is 21.8 Å². The Balaban J connectivity index is 1.16. The Morgan fingerprint density at radius 3 is 1.70 bits per heavy atom. The van der Waals surface area contributed by atoms with Crippen molar-refractivity contribution in [2.45, 2.75) is 216 Å². The topological polar surface area (TPSA) is 578 Å². The largest absolute Gasteiger partial charge is 0.394 e. The molecular weight excluding hydrogens is 1680 g/mol. The van der Waals surface area contributed by atoms with E-state index in [1.165, 1.54) is 64.4 Å². The number of aliphatic hydroxyl groups excluding tert-OH is 1. The van der Waals surface area contributed by atoms with E-state index in [-0.39, 0.29) is 89.0 Å². The first-order valence-corrected chi connectivity index (χ1v) is 44.7. The average Bonchev–Trinajstić information content (AvgIpc) is 1.69. The van der Waals surface area contributed by atoms with Crippen molar-refractivity contribution in [3.63, 3.8) is 0 Å². The molecule has 41 heteroatoms. The summed E-state index contributed by atoms with van der Waals surface area (Å²) < 4.78 is 0. The number of amides is 16. The molecule has 0 radical (unpaired) electrons. The number of carbonyl (C=O) groups is 16. The molecule has 2 aliphatic rings. The molecule has 0 spiro atoms. The normalized spacial score (nSPS) is 23.8. The maximum Gasteiger partial charge on any atom is 0.245 e. The molecule has 0 aliphatic carbocycles. The van der Waals surface area contributed by atoms with Gasteiger partial charge in [-0.1, -0.05) is 120 Å². The van der Waals surface area contributed by atoms with E-state index in [0.717, 1.165) is 26.5 Å². The zero-order valence-electron chi connectivity index (χ0n) is 74.7. The van der Waals surface area contributed by atoms with Gasteiger partial charge in [0.25, 0.3) is 0 Å². The number of nitrogens with one attached hydrogen (secondary N) is 15. The molecule has 2 fully saturated rings. The molecule has 6 aromatic rings. The number of hydrogen-bond donors (Lipinski definition) is 18. The first kappa shape index (κ1) is 101. The van der Waals surface area contributed by atoms with E-state index >= 15 is 24.0 Å². The lowest BCUT2D eigenvalue weighted by Crippen LogP contribution is -2.61. The summed E-state index contributed by atoms with van der Waals surface area (Å²) in [5, 5.41) is 49.8. The first-order chi connectivity index (χ1) is 61.5. The second-order valence-corrected chi connectivity index (χ2v) is 34.2. The molecule has 3 aromatic carbocycles. The van der Waals surface area contributed by atoms with Crippen LogP contribution >= 0.6 is 11.8 Å². The fourth-order valence-electron chi connectivity index (χ4n) is 15.5. The minimum atomic E-state index is -1.83. The third kappa shape index (κ3) is 29.3. The Morgan fingerprint density at radius 1 is 0.550 bits per heavy atom. The van der Waals surface area contributed by atoms with Crippen LogP contribution < -0.4 is 70.0 Å². The number of primary amides is 1. The van der Waals surface area contributed by atoms with Crippen LogP contribution in [0.4, 0.5) is 0 Å². The van der Waals surface area contributed by atoms with Crippen molar-refractivity contribution in [1.29, 1.82) is 5.41 Å². The van der Waals surface area contributed by atoms with Crippen molar-refractivity contribution in [2.75, 3.05) is 72.5 Å². The highest BCUT2D eigenvalue weighted by atomic mass is 32.2. The van der Waals surface area contributed by atoms with E-state index in [1.54, 1.807) is 105 Å². The predicted octanol–water partition coefficient (Wildman–Crippen LogP) is -0.993. The summed E-state index contributed by atoms with van der Waals surface area (Å²) in [6, 6.07) is 4.22. The third-order valence-electron chi connectivity index (χ3n) is 22.8. The van der Waals surface area contributed by atoms with E-state index in [2.05, 4.69) is 78.4 Å². The number of aromatic amines is 3. The molecule has 5 heterocycles. The van der Waals surface area contributed by atoms with E-state index in [0.29, 0.717) is 76.3 Å². The predicted molar refractivity (Wildman–Crippen MR) is 481 cm³/mol. The van der Waals surface area contributed by atoms with Crippen molar-refractivity contribution in [2.24, 2.45) is 17.4 Å². The van der Waals surface area contributed by atoms with Crippen LogP contribution in [0.15, 0.2) is 104 Å². The smallest absolute Gasteiger partial charge is 0.245 e. The Hall–Kier alpha value is -13.0. The first-order valence-electron chi connectivity index (χ1n) is 43.5. The van der Waals surface area contributed by atoms with Gasteiger partial charge in [-0.3, -0.25) is 82.1 Å². The lowest BCUT2D eigenvalue weighted by Gasteiger charge is -2.36. The monoisotopic (exact) mass is 1810 g/mol. The maximum absolute atomic E-state index is 15.7.